The number of carbonyl (C=O) groups is 2. The first-order chi connectivity index (χ1) is 12.1. The lowest BCUT2D eigenvalue weighted by Gasteiger charge is -2.34. The molecule has 1 aliphatic rings. The first-order valence-corrected chi connectivity index (χ1v) is 9.46. The fourth-order valence-electron chi connectivity index (χ4n) is 3.49. The number of nitrogens with one attached hydrogen (secondary N) is 1. The first kappa shape index (κ1) is 17.7. The zero-order chi connectivity index (χ0) is 18.0. The van der Waals surface area contributed by atoms with E-state index < -0.39 is 5.97 Å². The van der Waals surface area contributed by atoms with E-state index in [2.05, 4.69) is 9.97 Å². The van der Waals surface area contributed by atoms with Crippen LogP contribution in [0.3, 0.4) is 0 Å². The highest BCUT2D eigenvalue weighted by Gasteiger charge is 2.33. The Labute approximate surface area is 151 Å². The van der Waals surface area contributed by atoms with Crippen LogP contribution in [-0.2, 0) is 11.2 Å². The highest BCUT2D eigenvalue weighted by molar-refractivity contribution is 7.09. The third-order valence-electron chi connectivity index (χ3n) is 4.78. The van der Waals surface area contributed by atoms with Gasteiger partial charge in [-0.15, -0.1) is 11.3 Å². The van der Waals surface area contributed by atoms with E-state index >= 15 is 0 Å². The van der Waals surface area contributed by atoms with Crippen molar-refractivity contribution in [3.05, 3.63) is 39.1 Å². The number of aromatic nitrogens is 2. The maximum atomic E-state index is 13.2. The minimum absolute atomic E-state index is 0.00982. The number of thiazole rings is 1. The van der Waals surface area contributed by atoms with E-state index in [-0.39, 0.29) is 11.9 Å². The van der Waals surface area contributed by atoms with Crippen LogP contribution >= 0.6 is 11.3 Å². The number of nitrogens with zero attached hydrogens (tertiary/aromatic N) is 2. The van der Waals surface area contributed by atoms with Crippen molar-refractivity contribution in [1.82, 2.24) is 14.9 Å². The highest BCUT2D eigenvalue weighted by atomic mass is 32.1. The summed E-state index contributed by atoms with van der Waals surface area (Å²) < 4.78 is 4.89. The number of piperidine rings is 1. The Hall–Kier alpha value is -2.15. The summed E-state index contributed by atoms with van der Waals surface area (Å²) in [5.74, 6) is -0.470. The molecule has 2 aromatic heterocycles. The molecular formula is C18H23N3O3S. The van der Waals surface area contributed by atoms with Crippen LogP contribution < -0.4 is 0 Å². The maximum absolute atomic E-state index is 13.2. The average Bonchev–Trinajstić information content (AvgIpc) is 3.28. The molecule has 1 amide bonds. The van der Waals surface area contributed by atoms with E-state index in [1.54, 1.807) is 24.5 Å². The van der Waals surface area contributed by atoms with E-state index in [9.17, 15) is 9.59 Å². The molecule has 6 nitrogen and oxygen atoms in total. The van der Waals surface area contributed by atoms with E-state index in [0.717, 1.165) is 30.0 Å². The van der Waals surface area contributed by atoms with E-state index in [1.807, 2.05) is 17.2 Å². The van der Waals surface area contributed by atoms with Gasteiger partial charge >= 0.3 is 5.97 Å². The van der Waals surface area contributed by atoms with Crippen molar-refractivity contribution in [3.63, 3.8) is 0 Å². The molecule has 134 valence electrons. The molecule has 1 N–H and O–H groups in total. The third-order valence-corrected chi connectivity index (χ3v) is 5.66. The summed E-state index contributed by atoms with van der Waals surface area (Å²) in [5, 5.41) is 2.91. The number of H-pyrrole nitrogens is 1. The molecule has 0 radical (unpaired) electrons. The molecule has 1 aliphatic heterocycles. The summed E-state index contributed by atoms with van der Waals surface area (Å²) in [6.45, 7) is 4.46. The fourth-order valence-corrected chi connectivity index (χ4v) is 4.27. The van der Waals surface area contributed by atoms with Gasteiger partial charge in [-0.1, -0.05) is 6.92 Å². The Kier molecular flexibility index (Phi) is 5.22. The van der Waals surface area contributed by atoms with Crippen LogP contribution in [-0.4, -0.2) is 40.4 Å². The molecule has 0 bridgehead atoms. The van der Waals surface area contributed by atoms with Crippen LogP contribution in [0.25, 0.3) is 0 Å². The average molecular weight is 361 g/mol. The predicted molar refractivity (Wildman–Crippen MR) is 96.0 cm³/mol. The van der Waals surface area contributed by atoms with Crippen molar-refractivity contribution in [1.29, 1.82) is 0 Å². The largest absolute Gasteiger partial charge is 0.465 e. The third kappa shape index (κ3) is 3.20. The van der Waals surface area contributed by atoms with Gasteiger partial charge in [0.25, 0.3) is 5.91 Å². The number of hydrogen-bond donors (Lipinski definition) is 1. The molecule has 7 heteroatoms. The number of likely N-dealkylation sites (tertiary alicyclic amines) is 1. The lowest BCUT2D eigenvalue weighted by Crippen LogP contribution is -2.39. The zero-order valence-electron chi connectivity index (χ0n) is 14.8. The Bertz CT molecular complexity index is 767. The number of methoxy groups -OCH3 is 1. The second kappa shape index (κ2) is 7.39. The van der Waals surface area contributed by atoms with Crippen molar-refractivity contribution in [2.75, 3.05) is 13.7 Å². The Morgan fingerprint density at radius 3 is 2.88 bits per heavy atom. The minimum atomic E-state index is -0.403. The molecule has 3 rings (SSSR count). The quantitative estimate of drug-likeness (QED) is 0.846. The zero-order valence-corrected chi connectivity index (χ0v) is 15.6. The molecule has 1 fully saturated rings. The van der Waals surface area contributed by atoms with Gasteiger partial charge < -0.3 is 14.6 Å². The Morgan fingerprint density at radius 2 is 2.24 bits per heavy atom. The molecule has 25 heavy (non-hydrogen) atoms. The monoisotopic (exact) mass is 361 g/mol. The van der Waals surface area contributed by atoms with Crippen LogP contribution in [0.1, 0.15) is 69.3 Å². The lowest BCUT2D eigenvalue weighted by atomic mass is 10.0. The Morgan fingerprint density at radius 1 is 1.44 bits per heavy atom. The predicted octanol–water partition coefficient (Wildman–Crippen LogP) is 3.50. The van der Waals surface area contributed by atoms with E-state index in [0.29, 0.717) is 29.8 Å². The van der Waals surface area contributed by atoms with Gasteiger partial charge in [0.15, 0.2) is 0 Å². The van der Waals surface area contributed by atoms with Crippen molar-refractivity contribution in [2.24, 2.45) is 0 Å². The van der Waals surface area contributed by atoms with Gasteiger partial charge in [0, 0.05) is 23.8 Å². The Balaban J connectivity index is 1.97. The van der Waals surface area contributed by atoms with Gasteiger partial charge in [0.05, 0.1) is 18.7 Å². The van der Waals surface area contributed by atoms with Crippen LogP contribution in [0.15, 0.2) is 11.6 Å². The topological polar surface area (TPSA) is 75.3 Å². The highest BCUT2D eigenvalue weighted by Crippen LogP contribution is 2.34. The number of carbonyl (C=O) groups excluding carboxylic acids is 2. The minimum Gasteiger partial charge on any atom is -0.465 e. The van der Waals surface area contributed by atoms with Gasteiger partial charge in [-0.05, 0) is 38.2 Å². The summed E-state index contributed by atoms with van der Waals surface area (Å²) in [6.07, 6.45) is 5.41. The molecule has 0 aromatic carbocycles. The summed E-state index contributed by atoms with van der Waals surface area (Å²) in [4.78, 5) is 34.8. The molecule has 1 saturated heterocycles. The number of ether oxygens (including phenoxy) is 1. The molecule has 0 spiro atoms. The summed E-state index contributed by atoms with van der Waals surface area (Å²) in [5.41, 5.74) is 2.38. The van der Waals surface area contributed by atoms with Gasteiger partial charge in [-0.2, -0.15) is 0 Å². The van der Waals surface area contributed by atoms with Gasteiger partial charge in [0.2, 0.25) is 0 Å². The fraction of sp³-hybridized carbons (Fsp3) is 0.500. The number of amides is 1. The SMILES string of the molecule is CCc1[nH]c(C(=O)N2CCCC[C@@H]2c2nccs2)c(C)c1C(=O)OC. The molecule has 2 aromatic rings. The maximum Gasteiger partial charge on any atom is 0.339 e. The molecule has 0 unspecified atom stereocenters. The standard InChI is InChI=1S/C18H23N3O3S/c1-4-12-14(18(23)24-3)11(2)15(20-12)17(22)21-9-6-5-7-13(21)16-19-8-10-25-16/h8,10,13,20H,4-7,9H2,1-3H3/t13-/m1/s1. The summed E-state index contributed by atoms with van der Waals surface area (Å²) >= 11 is 1.58. The summed E-state index contributed by atoms with van der Waals surface area (Å²) in [6, 6.07) is 0.00982. The second-order valence-electron chi connectivity index (χ2n) is 6.20. The van der Waals surface area contributed by atoms with Crippen molar-refractivity contribution in [2.45, 2.75) is 45.6 Å². The van der Waals surface area contributed by atoms with Crippen LogP contribution in [0.2, 0.25) is 0 Å². The number of hydrogen-bond acceptors (Lipinski definition) is 5. The number of aryl methyl sites for hydroxylation is 1. The molecular weight excluding hydrogens is 338 g/mol. The molecule has 1 atom stereocenters. The normalized spacial score (nSPS) is 17.6. The summed E-state index contributed by atoms with van der Waals surface area (Å²) in [7, 11) is 1.36. The van der Waals surface area contributed by atoms with Crippen molar-refractivity contribution < 1.29 is 14.3 Å². The van der Waals surface area contributed by atoms with Crippen molar-refractivity contribution in [3.8, 4) is 0 Å². The van der Waals surface area contributed by atoms with Crippen LogP contribution in [0.4, 0.5) is 0 Å². The molecule has 0 saturated carbocycles. The van der Waals surface area contributed by atoms with E-state index in [1.165, 1.54) is 7.11 Å². The smallest absolute Gasteiger partial charge is 0.339 e. The molecule has 3 heterocycles. The number of rotatable bonds is 4. The number of aromatic amines is 1. The molecule has 0 aliphatic carbocycles. The van der Waals surface area contributed by atoms with Crippen LogP contribution in [0, 0.1) is 6.92 Å². The van der Waals surface area contributed by atoms with Gasteiger partial charge in [0.1, 0.15) is 10.7 Å². The van der Waals surface area contributed by atoms with Gasteiger partial charge in [-0.25, -0.2) is 9.78 Å². The van der Waals surface area contributed by atoms with Gasteiger partial charge in [-0.3, -0.25) is 4.79 Å². The first-order valence-electron chi connectivity index (χ1n) is 8.58. The van der Waals surface area contributed by atoms with Crippen LogP contribution in [0.5, 0.6) is 0 Å². The lowest BCUT2D eigenvalue weighted by molar-refractivity contribution is 0.0598. The second-order valence-corrected chi connectivity index (χ2v) is 7.13. The number of esters is 1. The van der Waals surface area contributed by atoms with E-state index in [4.69, 9.17) is 4.74 Å². The van der Waals surface area contributed by atoms with Crippen molar-refractivity contribution >= 4 is 23.2 Å².